The van der Waals surface area contributed by atoms with E-state index in [2.05, 4.69) is 0 Å². The Kier molecular flexibility index (Phi) is 4.75. The summed E-state index contributed by atoms with van der Waals surface area (Å²) in [6.07, 6.45) is 1.55. The molecular formula is C11H23N3O4S2. The van der Waals surface area contributed by atoms with Gasteiger partial charge < -0.3 is 5.73 Å². The minimum atomic E-state index is -3.55. The molecule has 2 aliphatic heterocycles. The van der Waals surface area contributed by atoms with Gasteiger partial charge in [-0.25, -0.2) is 8.42 Å². The van der Waals surface area contributed by atoms with E-state index in [0.717, 1.165) is 12.8 Å². The van der Waals surface area contributed by atoms with Gasteiger partial charge in [-0.05, 0) is 32.2 Å². The van der Waals surface area contributed by atoms with Crippen molar-refractivity contribution in [1.82, 2.24) is 8.61 Å². The summed E-state index contributed by atoms with van der Waals surface area (Å²) in [5, 5.41) is 0. The third kappa shape index (κ3) is 3.33. The monoisotopic (exact) mass is 325 g/mol. The predicted molar refractivity (Wildman–Crippen MR) is 77.1 cm³/mol. The highest BCUT2D eigenvalue weighted by Gasteiger charge is 2.39. The van der Waals surface area contributed by atoms with Crippen LogP contribution in [-0.4, -0.2) is 69.2 Å². The summed E-state index contributed by atoms with van der Waals surface area (Å²) in [4.78, 5) is 0. The van der Waals surface area contributed by atoms with Crippen LogP contribution in [-0.2, 0) is 20.0 Å². The second-order valence-electron chi connectivity index (χ2n) is 5.66. The lowest BCUT2D eigenvalue weighted by Gasteiger charge is -2.38. The van der Waals surface area contributed by atoms with Gasteiger partial charge in [0.1, 0.15) is 0 Å². The van der Waals surface area contributed by atoms with E-state index < -0.39 is 26.1 Å². The quantitative estimate of drug-likeness (QED) is 0.719. The molecule has 0 aliphatic carbocycles. The fourth-order valence-electron chi connectivity index (χ4n) is 2.85. The molecule has 1 unspecified atom stereocenters. The third-order valence-corrected chi connectivity index (χ3v) is 8.09. The number of rotatable bonds is 3. The molecule has 0 saturated carbocycles. The van der Waals surface area contributed by atoms with Crippen LogP contribution in [0, 0.1) is 5.92 Å². The molecule has 0 aromatic carbocycles. The Labute approximate surface area is 121 Å². The van der Waals surface area contributed by atoms with Crippen LogP contribution in [0.25, 0.3) is 0 Å². The van der Waals surface area contributed by atoms with Crippen LogP contribution in [0.2, 0.25) is 0 Å². The fourth-order valence-corrected chi connectivity index (χ4v) is 6.44. The molecule has 0 spiro atoms. The van der Waals surface area contributed by atoms with Crippen molar-refractivity contribution in [3.8, 4) is 0 Å². The van der Waals surface area contributed by atoms with Gasteiger partial charge in [0.15, 0.2) is 9.84 Å². The highest BCUT2D eigenvalue weighted by molar-refractivity contribution is 7.91. The Morgan fingerprint density at radius 1 is 1.20 bits per heavy atom. The molecule has 20 heavy (non-hydrogen) atoms. The van der Waals surface area contributed by atoms with Crippen LogP contribution in [0.3, 0.4) is 0 Å². The zero-order valence-corrected chi connectivity index (χ0v) is 13.4. The first-order valence-electron chi connectivity index (χ1n) is 6.93. The minimum absolute atomic E-state index is 0.0582. The lowest BCUT2D eigenvalue weighted by atomic mass is 9.99. The van der Waals surface area contributed by atoms with E-state index in [1.165, 1.54) is 8.61 Å². The first-order valence-corrected chi connectivity index (χ1v) is 10.2. The molecule has 7 nitrogen and oxygen atoms in total. The lowest BCUT2D eigenvalue weighted by Crippen LogP contribution is -2.55. The lowest BCUT2D eigenvalue weighted by molar-refractivity contribution is 0.248. The third-order valence-electron chi connectivity index (χ3n) is 4.14. The Hall–Kier alpha value is -0.220. The van der Waals surface area contributed by atoms with E-state index in [9.17, 15) is 16.8 Å². The largest absolute Gasteiger partial charge is 0.330 e. The summed E-state index contributed by atoms with van der Waals surface area (Å²) in [7, 11) is -6.66. The van der Waals surface area contributed by atoms with Gasteiger partial charge in [0.25, 0.3) is 10.2 Å². The molecule has 2 rings (SSSR count). The molecule has 9 heteroatoms. The molecule has 2 fully saturated rings. The van der Waals surface area contributed by atoms with Crippen LogP contribution in [0.5, 0.6) is 0 Å². The van der Waals surface area contributed by atoms with Crippen LogP contribution >= 0.6 is 0 Å². The maximum absolute atomic E-state index is 12.6. The summed E-state index contributed by atoms with van der Waals surface area (Å²) in [5.74, 6) is 0.210. The first kappa shape index (κ1) is 16.2. The number of hydrogen-bond donors (Lipinski definition) is 1. The summed E-state index contributed by atoms with van der Waals surface area (Å²) in [6, 6.07) is -0.494. The second kappa shape index (κ2) is 5.88. The molecule has 1 atom stereocenters. The highest BCUT2D eigenvalue weighted by Crippen LogP contribution is 2.23. The molecule has 118 valence electrons. The van der Waals surface area contributed by atoms with Crippen molar-refractivity contribution in [2.45, 2.75) is 25.8 Å². The van der Waals surface area contributed by atoms with Gasteiger partial charge >= 0.3 is 0 Å². The second-order valence-corrected chi connectivity index (χ2v) is 9.77. The van der Waals surface area contributed by atoms with E-state index in [1.807, 2.05) is 0 Å². The standard InChI is InChI=1S/C11H23N3O4S2/c1-10-9-19(15,16)7-6-14(10)20(17,18)13-4-2-11(8-12)3-5-13/h10-11H,2-9,12H2,1H3. The predicted octanol–water partition coefficient (Wildman–Crippen LogP) is -0.979. The average Bonchev–Trinajstić information content (AvgIpc) is 2.37. The van der Waals surface area contributed by atoms with Gasteiger partial charge in [-0.2, -0.15) is 17.0 Å². The van der Waals surface area contributed by atoms with Gasteiger partial charge in [0.05, 0.1) is 11.5 Å². The Morgan fingerprint density at radius 3 is 2.30 bits per heavy atom. The van der Waals surface area contributed by atoms with Crippen LogP contribution in [0.1, 0.15) is 19.8 Å². The molecule has 2 N–H and O–H groups in total. The van der Waals surface area contributed by atoms with Crippen molar-refractivity contribution >= 4 is 20.0 Å². The van der Waals surface area contributed by atoms with Gasteiger partial charge in [-0.15, -0.1) is 0 Å². The molecule has 2 heterocycles. The van der Waals surface area contributed by atoms with Crippen molar-refractivity contribution in [1.29, 1.82) is 0 Å². The maximum Gasteiger partial charge on any atom is 0.282 e. The highest BCUT2D eigenvalue weighted by atomic mass is 32.2. The number of piperidine rings is 1. The summed E-state index contributed by atoms with van der Waals surface area (Å²) < 4.78 is 51.0. The average molecular weight is 325 g/mol. The minimum Gasteiger partial charge on any atom is -0.330 e. The first-order chi connectivity index (χ1) is 9.26. The topological polar surface area (TPSA) is 101 Å². The number of sulfone groups is 1. The summed E-state index contributed by atoms with van der Waals surface area (Å²) in [5.41, 5.74) is 5.61. The van der Waals surface area contributed by atoms with Crippen molar-refractivity contribution in [3.05, 3.63) is 0 Å². The van der Waals surface area contributed by atoms with E-state index in [0.29, 0.717) is 25.6 Å². The zero-order valence-electron chi connectivity index (χ0n) is 11.7. The van der Waals surface area contributed by atoms with Crippen LogP contribution in [0.15, 0.2) is 0 Å². The molecule has 2 saturated heterocycles. The normalized spacial score (nSPS) is 30.4. The zero-order chi connectivity index (χ0) is 15.0. The Bertz CT molecular complexity index is 538. The molecule has 0 aromatic heterocycles. The van der Waals surface area contributed by atoms with Crippen molar-refractivity contribution < 1.29 is 16.8 Å². The number of hydrogen-bond acceptors (Lipinski definition) is 5. The van der Waals surface area contributed by atoms with Gasteiger partial charge in [-0.1, -0.05) is 0 Å². The van der Waals surface area contributed by atoms with E-state index in [4.69, 9.17) is 5.73 Å². The molecule has 2 aliphatic rings. The van der Waals surface area contributed by atoms with Crippen molar-refractivity contribution in [2.24, 2.45) is 11.7 Å². The molecular weight excluding hydrogens is 302 g/mol. The van der Waals surface area contributed by atoms with E-state index >= 15 is 0 Å². The smallest absolute Gasteiger partial charge is 0.282 e. The Morgan fingerprint density at radius 2 is 1.80 bits per heavy atom. The van der Waals surface area contributed by atoms with Crippen LogP contribution < -0.4 is 5.73 Å². The van der Waals surface area contributed by atoms with Crippen LogP contribution in [0.4, 0.5) is 0 Å². The Balaban J connectivity index is 2.08. The van der Waals surface area contributed by atoms with Gasteiger partial charge in [-0.3, -0.25) is 0 Å². The van der Waals surface area contributed by atoms with Gasteiger partial charge in [0, 0.05) is 25.7 Å². The molecule has 0 radical (unpaired) electrons. The van der Waals surface area contributed by atoms with Crippen molar-refractivity contribution in [3.63, 3.8) is 0 Å². The maximum atomic E-state index is 12.6. The molecule has 0 aromatic rings. The van der Waals surface area contributed by atoms with Crippen molar-refractivity contribution in [2.75, 3.05) is 37.7 Å². The molecule has 0 amide bonds. The number of nitrogens with zero attached hydrogens (tertiary/aromatic N) is 2. The van der Waals surface area contributed by atoms with Gasteiger partial charge in [0.2, 0.25) is 0 Å². The molecule has 0 bridgehead atoms. The van der Waals surface area contributed by atoms with E-state index in [1.54, 1.807) is 6.92 Å². The summed E-state index contributed by atoms with van der Waals surface area (Å²) in [6.45, 7) is 3.25. The fraction of sp³-hybridized carbons (Fsp3) is 1.00. The number of nitrogens with two attached hydrogens (primary N) is 1. The summed E-state index contributed by atoms with van der Waals surface area (Å²) >= 11 is 0. The van der Waals surface area contributed by atoms with E-state index in [-0.39, 0.29) is 18.1 Å². The SMILES string of the molecule is CC1CS(=O)(=O)CCN1S(=O)(=O)N1CCC(CN)CC1.